The molecule has 0 radical (unpaired) electrons. The van der Waals surface area contributed by atoms with Crippen LogP contribution in [-0.4, -0.2) is 102 Å². The SMILES string of the molecule is C1=NCN=C1.C1=NCN=C1.CN[C@@H]1CCCC[C@H]1NC.O=C(O)c1ccccc1-n1nccn1.O=C(O)c1ccccc1I. The number of carboxylic acid groups (broad SMARTS) is 2. The molecule has 2 atom stereocenters. The minimum Gasteiger partial charge on any atom is -0.478 e. The largest absolute Gasteiger partial charge is 0.478 e. The minimum atomic E-state index is -0.988. The van der Waals surface area contributed by atoms with Crippen molar-refractivity contribution in [2.24, 2.45) is 20.0 Å². The van der Waals surface area contributed by atoms with Crippen LogP contribution < -0.4 is 10.6 Å². The molecule has 14 heteroatoms. The first-order chi connectivity index (χ1) is 21.4. The second kappa shape index (κ2) is 21.5. The maximum atomic E-state index is 10.8. The quantitative estimate of drug-likeness (QED) is 0.288. The van der Waals surface area contributed by atoms with Crippen LogP contribution in [-0.2, 0) is 0 Å². The molecule has 1 fully saturated rings. The van der Waals surface area contributed by atoms with Crippen molar-refractivity contribution in [3.8, 4) is 5.69 Å². The molecule has 3 heterocycles. The summed E-state index contributed by atoms with van der Waals surface area (Å²) < 4.78 is 0.771. The molecule has 1 saturated carbocycles. The molecule has 4 N–H and O–H groups in total. The van der Waals surface area contributed by atoms with E-state index in [-0.39, 0.29) is 5.56 Å². The van der Waals surface area contributed by atoms with E-state index in [4.69, 9.17) is 10.2 Å². The van der Waals surface area contributed by atoms with E-state index in [0.29, 0.717) is 36.7 Å². The van der Waals surface area contributed by atoms with E-state index in [0.717, 1.165) is 3.57 Å². The van der Waals surface area contributed by atoms with Gasteiger partial charge >= 0.3 is 11.9 Å². The van der Waals surface area contributed by atoms with Gasteiger partial charge in [0.1, 0.15) is 19.0 Å². The van der Waals surface area contributed by atoms with Gasteiger partial charge in [0, 0.05) is 40.5 Å². The summed E-state index contributed by atoms with van der Waals surface area (Å²) in [5, 5.41) is 31.9. The lowest BCUT2D eigenvalue weighted by Gasteiger charge is -2.30. The third kappa shape index (κ3) is 13.4. The molecule has 2 aromatic carbocycles. The lowest BCUT2D eigenvalue weighted by Crippen LogP contribution is -2.47. The molecule has 6 rings (SSSR count). The van der Waals surface area contributed by atoms with Gasteiger partial charge in [-0.25, -0.2) is 9.59 Å². The van der Waals surface area contributed by atoms with Gasteiger partial charge in [0.15, 0.2) is 0 Å². The number of hydrogen-bond donors (Lipinski definition) is 4. The number of halogens is 1. The first kappa shape index (κ1) is 36.0. The molecule has 0 saturated heterocycles. The third-order valence-electron chi connectivity index (χ3n) is 6.26. The fourth-order valence-electron chi connectivity index (χ4n) is 4.10. The van der Waals surface area contributed by atoms with Crippen molar-refractivity contribution in [3.63, 3.8) is 0 Å². The Hall–Kier alpha value is -4.15. The van der Waals surface area contributed by atoms with Crippen LogP contribution in [0.4, 0.5) is 0 Å². The summed E-state index contributed by atoms with van der Waals surface area (Å²) in [6, 6.07) is 14.9. The lowest BCUT2D eigenvalue weighted by molar-refractivity contribution is 0.0685. The molecule has 0 spiro atoms. The van der Waals surface area contributed by atoms with Crippen LogP contribution in [0, 0.1) is 3.57 Å². The number of benzene rings is 2. The van der Waals surface area contributed by atoms with Crippen molar-refractivity contribution < 1.29 is 19.8 Å². The number of nitrogens with one attached hydrogen (secondary N) is 2. The average molecular weight is 716 g/mol. The number of nitrogens with zero attached hydrogens (tertiary/aromatic N) is 7. The van der Waals surface area contributed by atoms with Gasteiger partial charge in [-0.3, -0.25) is 20.0 Å². The van der Waals surface area contributed by atoms with Gasteiger partial charge < -0.3 is 20.8 Å². The summed E-state index contributed by atoms with van der Waals surface area (Å²) >= 11 is 1.99. The maximum absolute atomic E-state index is 10.8. The first-order valence-electron chi connectivity index (χ1n) is 13.9. The fraction of sp³-hybridized carbons (Fsp3) is 0.333. The van der Waals surface area contributed by atoms with Crippen LogP contribution in [0.2, 0.25) is 0 Å². The van der Waals surface area contributed by atoms with E-state index >= 15 is 0 Å². The number of carbonyl (C=O) groups is 2. The van der Waals surface area contributed by atoms with Crippen molar-refractivity contribution in [1.82, 2.24) is 25.6 Å². The Morgan fingerprint density at radius 2 is 1.16 bits per heavy atom. The standard InChI is InChI=1S/C9H7N3O2.C8H18N2.C7H5IO2.2C3H4N2/c13-9(14)7-3-1-2-4-8(7)12-10-5-6-11-12;1-9-7-5-3-4-6-8(7)10-2;8-6-4-2-1-3-5(6)7(9)10;2*1-2-5-3-4-1/h1-6H,(H,13,14);7-10H,3-6H2,1-2H3;1-4H,(H,9,10);2*1-2H,3H2/t;7-,8-;;;/m.1.../s1. The second-order valence-corrected chi connectivity index (χ2v) is 10.3. The molecule has 0 bridgehead atoms. The topological polar surface area (TPSA) is 179 Å². The van der Waals surface area contributed by atoms with Gasteiger partial charge in [0.05, 0.1) is 23.5 Å². The summed E-state index contributed by atoms with van der Waals surface area (Å²) in [5.41, 5.74) is 1.01. The van der Waals surface area contributed by atoms with Gasteiger partial charge in [0.2, 0.25) is 0 Å². The van der Waals surface area contributed by atoms with E-state index in [1.165, 1.54) is 48.9 Å². The molecule has 3 aromatic rings. The highest BCUT2D eigenvalue weighted by atomic mass is 127. The Labute approximate surface area is 270 Å². The van der Waals surface area contributed by atoms with Crippen molar-refractivity contribution in [2.75, 3.05) is 27.4 Å². The van der Waals surface area contributed by atoms with Gasteiger partial charge in [0.25, 0.3) is 0 Å². The van der Waals surface area contributed by atoms with E-state index in [1.54, 1.807) is 61.3 Å². The monoisotopic (exact) mass is 715 g/mol. The van der Waals surface area contributed by atoms with Crippen molar-refractivity contribution >= 4 is 59.4 Å². The summed E-state index contributed by atoms with van der Waals surface area (Å²) in [6.07, 6.45) is 15.2. The molecule has 0 unspecified atom stereocenters. The van der Waals surface area contributed by atoms with E-state index in [2.05, 4.69) is 54.9 Å². The Bertz CT molecular complexity index is 1340. The second-order valence-electron chi connectivity index (χ2n) is 9.11. The van der Waals surface area contributed by atoms with Crippen molar-refractivity contribution in [2.45, 2.75) is 37.8 Å². The number of aromatic nitrogens is 3. The molecular weight excluding hydrogens is 677 g/mol. The number of hydrogen-bond acceptors (Lipinski definition) is 10. The molecule has 3 aliphatic rings. The van der Waals surface area contributed by atoms with Gasteiger partial charge in [-0.15, -0.1) is 0 Å². The summed E-state index contributed by atoms with van der Waals surface area (Å²) in [5.74, 6) is -1.86. The molecule has 44 heavy (non-hydrogen) atoms. The Balaban J connectivity index is 0.000000202. The van der Waals surface area contributed by atoms with E-state index in [1.807, 2.05) is 28.7 Å². The molecule has 0 amide bonds. The first-order valence-corrected chi connectivity index (χ1v) is 14.9. The molecule has 1 aliphatic carbocycles. The summed E-state index contributed by atoms with van der Waals surface area (Å²) in [6.45, 7) is 1.28. The minimum absolute atomic E-state index is 0.184. The predicted octanol–water partition coefficient (Wildman–Crippen LogP) is 3.89. The van der Waals surface area contributed by atoms with Crippen LogP contribution in [0.15, 0.2) is 80.9 Å². The maximum Gasteiger partial charge on any atom is 0.337 e. The van der Waals surface area contributed by atoms with Crippen LogP contribution in [0.3, 0.4) is 0 Å². The fourth-order valence-corrected chi connectivity index (χ4v) is 4.72. The number of para-hydroxylation sites is 1. The highest BCUT2D eigenvalue weighted by Gasteiger charge is 2.21. The summed E-state index contributed by atoms with van der Waals surface area (Å²) in [7, 11) is 4.11. The van der Waals surface area contributed by atoms with Crippen LogP contribution >= 0.6 is 22.6 Å². The highest BCUT2D eigenvalue weighted by Crippen LogP contribution is 2.17. The lowest BCUT2D eigenvalue weighted by atomic mass is 9.91. The Kier molecular flexibility index (Phi) is 17.6. The van der Waals surface area contributed by atoms with Gasteiger partial charge in [-0.05, 0) is 73.8 Å². The van der Waals surface area contributed by atoms with E-state index < -0.39 is 11.9 Å². The number of likely N-dealkylation sites (N-methyl/N-ethyl adjacent to an activating group) is 2. The number of rotatable bonds is 5. The van der Waals surface area contributed by atoms with Crippen LogP contribution in [0.5, 0.6) is 0 Å². The average Bonchev–Trinajstić information content (AvgIpc) is 3.88. The molecule has 1 aromatic heterocycles. The zero-order chi connectivity index (χ0) is 32.0. The third-order valence-corrected chi connectivity index (χ3v) is 7.20. The number of carboxylic acids is 2. The molecule has 234 valence electrons. The van der Waals surface area contributed by atoms with Crippen LogP contribution in [0.1, 0.15) is 46.4 Å². The summed E-state index contributed by atoms with van der Waals surface area (Å²) in [4.78, 5) is 37.5. The predicted molar refractivity (Wildman–Crippen MR) is 182 cm³/mol. The number of aromatic carboxylic acids is 2. The van der Waals surface area contributed by atoms with E-state index in [9.17, 15) is 9.59 Å². The highest BCUT2D eigenvalue weighted by molar-refractivity contribution is 14.1. The zero-order valence-electron chi connectivity index (χ0n) is 24.7. The van der Waals surface area contributed by atoms with Gasteiger partial charge in [-0.1, -0.05) is 37.1 Å². The van der Waals surface area contributed by atoms with Crippen molar-refractivity contribution in [1.29, 1.82) is 0 Å². The van der Waals surface area contributed by atoms with Gasteiger partial charge in [-0.2, -0.15) is 15.0 Å². The Morgan fingerprint density at radius 1 is 0.727 bits per heavy atom. The molecular formula is C30H38IN9O4. The Morgan fingerprint density at radius 3 is 1.52 bits per heavy atom. The van der Waals surface area contributed by atoms with Crippen LogP contribution in [0.25, 0.3) is 5.69 Å². The van der Waals surface area contributed by atoms with Crippen molar-refractivity contribution in [3.05, 3.63) is 75.6 Å². The normalized spacial score (nSPS) is 17.1. The zero-order valence-corrected chi connectivity index (χ0v) is 26.9. The molecule has 13 nitrogen and oxygen atoms in total. The molecule has 2 aliphatic heterocycles. The number of aliphatic imine (C=N–C) groups is 4. The smallest absolute Gasteiger partial charge is 0.337 e.